The second-order valence-electron chi connectivity index (χ2n) is 4.01. The maximum Gasteiger partial charge on any atom is 0.250 e. The van der Waals surface area contributed by atoms with Crippen molar-refractivity contribution in [3.05, 3.63) is 17.0 Å². The second-order valence-corrected chi connectivity index (χ2v) is 7.17. The van der Waals surface area contributed by atoms with Crippen LogP contribution in [0.15, 0.2) is 16.3 Å². The summed E-state index contributed by atoms with van der Waals surface area (Å²) in [5.41, 5.74) is 5.44. The number of sulfonamides is 1. The molecular formula is C10H18N2O2S2. The molecule has 0 aliphatic carbocycles. The maximum atomic E-state index is 11.8. The van der Waals surface area contributed by atoms with E-state index < -0.39 is 10.0 Å². The molecule has 1 aromatic heterocycles. The Kier molecular flexibility index (Phi) is 4.91. The van der Waals surface area contributed by atoms with E-state index in [4.69, 9.17) is 5.73 Å². The van der Waals surface area contributed by atoms with Crippen LogP contribution in [-0.2, 0) is 16.6 Å². The van der Waals surface area contributed by atoms with Crippen LogP contribution in [-0.4, -0.2) is 15.0 Å². The molecule has 3 N–H and O–H groups in total. The lowest BCUT2D eigenvalue weighted by Gasteiger charge is -2.06. The third-order valence-electron chi connectivity index (χ3n) is 2.12. The third kappa shape index (κ3) is 3.86. The zero-order valence-electron chi connectivity index (χ0n) is 9.56. The van der Waals surface area contributed by atoms with Gasteiger partial charge < -0.3 is 5.73 Å². The highest BCUT2D eigenvalue weighted by atomic mass is 32.2. The first kappa shape index (κ1) is 13.6. The van der Waals surface area contributed by atoms with Crippen molar-refractivity contribution in [1.29, 1.82) is 0 Å². The summed E-state index contributed by atoms with van der Waals surface area (Å²) in [6.45, 7) is 4.99. The molecule has 1 heterocycles. The van der Waals surface area contributed by atoms with E-state index in [-0.39, 0.29) is 0 Å². The van der Waals surface area contributed by atoms with Crippen molar-refractivity contribution in [2.75, 3.05) is 6.54 Å². The highest BCUT2D eigenvalue weighted by Gasteiger charge is 2.15. The predicted octanol–water partition coefficient (Wildman–Crippen LogP) is 1.53. The minimum atomic E-state index is -3.33. The molecule has 0 aliphatic rings. The van der Waals surface area contributed by atoms with Gasteiger partial charge in [0.15, 0.2) is 0 Å². The molecule has 92 valence electrons. The molecule has 16 heavy (non-hydrogen) atoms. The van der Waals surface area contributed by atoms with Gasteiger partial charge in [0.05, 0.1) is 0 Å². The van der Waals surface area contributed by atoms with Gasteiger partial charge in [-0.05, 0) is 24.5 Å². The molecule has 6 heteroatoms. The van der Waals surface area contributed by atoms with E-state index in [1.165, 1.54) is 11.3 Å². The van der Waals surface area contributed by atoms with E-state index in [9.17, 15) is 8.42 Å². The first-order valence-electron chi connectivity index (χ1n) is 5.24. The Morgan fingerprint density at radius 2 is 2.12 bits per heavy atom. The van der Waals surface area contributed by atoms with Gasteiger partial charge in [0.1, 0.15) is 4.21 Å². The lowest BCUT2D eigenvalue weighted by molar-refractivity contribution is 0.553. The molecule has 0 saturated carbocycles. The monoisotopic (exact) mass is 262 g/mol. The standard InChI is InChI=1S/C10H18N2O2S2/c1-8(2)5-6-12-16(13,14)10-4-3-9(7-11)15-10/h3-4,8,12H,5-7,11H2,1-2H3. The predicted molar refractivity (Wildman–Crippen MR) is 66.9 cm³/mol. The smallest absolute Gasteiger partial charge is 0.250 e. The fourth-order valence-corrected chi connectivity index (χ4v) is 3.49. The van der Waals surface area contributed by atoms with Gasteiger partial charge in [-0.2, -0.15) is 0 Å². The topological polar surface area (TPSA) is 72.2 Å². The minimum absolute atomic E-state index is 0.344. The lowest BCUT2D eigenvalue weighted by Crippen LogP contribution is -2.24. The normalized spacial score (nSPS) is 12.2. The van der Waals surface area contributed by atoms with Crippen LogP contribution in [0.4, 0.5) is 0 Å². The summed E-state index contributed by atoms with van der Waals surface area (Å²) in [6, 6.07) is 3.35. The van der Waals surface area contributed by atoms with Crippen molar-refractivity contribution >= 4 is 21.4 Å². The zero-order valence-corrected chi connectivity index (χ0v) is 11.2. The van der Waals surface area contributed by atoms with E-state index in [0.29, 0.717) is 23.2 Å². The molecule has 0 atom stereocenters. The van der Waals surface area contributed by atoms with Crippen LogP contribution in [0, 0.1) is 5.92 Å². The first-order chi connectivity index (χ1) is 7.45. The number of hydrogen-bond donors (Lipinski definition) is 2. The number of nitrogens with two attached hydrogens (primary N) is 1. The van der Waals surface area contributed by atoms with Gasteiger partial charge >= 0.3 is 0 Å². The Labute approximate surface area is 101 Å². The van der Waals surface area contributed by atoms with Crippen molar-refractivity contribution in [3.63, 3.8) is 0 Å². The van der Waals surface area contributed by atoms with Crippen LogP contribution in [0.3, 0.4) is 0 Å². The fraction of sp³-hybridized carbons (Fsp3) is 0.600. The summed E-state index contributed by atoms with van der Waals surface area (Å²) >= 11 is 1.22. The van der Waals surface area contributed by atoms with Crippen LogP contribution in [0.25, 0.3) is 0 Å². The quantitative estimate of drug-likeness (QED) is 0.816. The van der Waals surface area contributed by atoms with Gasteiger partial charge in [-0.25, -0.2) is 13.1 Å². The number of hydrogen-bond acceptors (Lipinski definition) is 4. The van der Waals surface area contributed by atoms with Gasteiger partial charge in [0.2, 0.25) is 10.0 Å². The SMILES string of the molecule is CC(C)CCNS(=O)(=O)c1ccc(CN)s1. The van der Waals surface area contributed by atoms with Crippen molar-refractivity contribution in [3.8, 4) is 0 Å². The van der Waals surface area contributed by atoms with E-state index in [1.54, 1.807) is 12.1 Å². The molecule has 0 aromatic carbocycles. The Hall–Kier alpha value is -0.430. The number of nitrogens with one attached hydrogen (secondary N) is 1. The third-order valence-corrected chi connectivity index (χ3v) is 5.18. The van der Waals surface area contributed by atoms with Crippen molar-refractivity contribution in [2.24, 2.45) is 11.7 Å². The highest BCUT2D eigenvalue weighted by molar-refractivity contribution is 7.91. The summed E-state index contributed by atoms with van der Waals surface area (Å²) in [7, 11) is -3.33. The van der Waals surface area contributed by atoms with Gasteiger partial charge in [-0.3, -0.25) is 0 Å². The maximum absolute atomic E-state index is 11.8. The average molecular weight is 262 g/mol. The fourth-order valence-electron chi connectivity index (χ4n) is 1.17. The van der Waals surface area contributed by atoms with Gasteiger partial charge in [0.25, 0.3) is 0 Å². The Balaban J connectivity index is 2.63. The molecule has 0 aliphatic heterocycles. The van der Waals surface area contributed by atoms with E-state index in [1.807, 2.05) is 0 Å². The van der Waals surface area contributed by atoms with Crippen LogP contribution in [0.2, 0.25) is 0 Å². The molecule has 4 nitrogen and oxygen atoms in total. The summed E-state index contributed by atoms with van der Waals surface area (Å²) in [5.74, 6) is 0.491. The van der Waals surface area contributed by atoms with E-state index in [2.05, 4.69) is 18.6 Å². The first-order valence-corrected chi connectivity index (χ1v) is 7.54. The van der Waals surface area contributed by atoms with Gasteiger partial charge in [-0.1, -0.05) is 13.8 Å². The molecule has 0 unspecified atom stereocenters. The number of thiophene rings is 1. The largest absolute Gasteiger partial charge is 0.326 e. The van der Waals surface area contributed by atoms with Crippen LogP contribution >= 0.6 is 11.3 Å². The lowest BCUT2D eigenvalue weighted by atomic mass is 10.1. The Morgan fingerprint density at radius 3 is 2.62 bits per heavy atom. The molecule has 0 saturated heterocycles. The van der Waals surface area contributed by atoms with Crippen LogP contribution in [0.1, 0.15) is 25.1 Å². The molecule has 0 fully saturated rings. The Bertz CT molecular complexity index is 424. The van der Waals surface area contributed by atoms with Crippen LogP contribution < -0.4 is 10.5 Å². The van der Waals surface area contributed by atoms with Crippen molar-refractivity contribution < 1.29 is 8.42 Å². The molecule has 1 rings (SSSR count). The zero-order chi connectivity index (χ0) is 12.2. The molecule has 0 spiro atoms. The summed E-state index contributed by atoms with van der Waals surface area (Å²) < 4.78 is 26.5. The van der Waals surface area contributed by atoms with E-state index in [0.717, 1.165) is 11.3 Å². The van der Waals surface area contributed by atoms with Gasteiger partial charge in [0, 0.05) is 18.0 Å². The summed E-state index contributed by atoms with van der Waals surface area (Å²) in [4.78, 5) is 0.879. The minimum Gasteiger partial charge on any atom is -0.326 e. The molecular weight excluding hydrogens is 244 g/mol. The average Bonchev–Trinajstić information content (AvgIpc) is 2.65. The number of rotatable bonds is 6. The molecule has 1 aromatic rings. The second kappa shape index (κ2) is 5.77. The highest BCUT2D eigenvalue weighted by Crippen LogP contribution is 2.20. The van der Waals surface area contributed by atoms with Crippen LogP contribution in [0.5, 0.6) is 0 Å². The molecule has 0 radical (unpaired) electrons. The molecule has 0 amide bonds. The van der Waals surface area contributed by atoms with Crippen molar-refractivity contribution in [2.45, 2.75) is 31.0 Å². The summed E-state index contributed by atoms with van der Waals surface area (Å²) in [6.07, 6.45) is 0.842. The van der Waals surface area contributed by atoms with Gasteiger partial charge in [-0.15, -0.1) is 11.3 Å². The summed E-state index contributed by atoms with van der Waals surface area (Å²) in [5, 5.41) is 0. The molecule has 0 bridgehead atoms. The Morgan fingerprint density at radius 1 is 1.44 bits per heavy atom. The van der Waals surface area contributed by atoms with Crippen molar-refractivity contribution in [1.82, 2.24) is 4.72 Å². The van der Waals surface area contributed by atoms with E-state index >= 15 is 0 Å².